The van der Waals surface area contributed by atoms with Gasteiger partial charge in [0.05, 0.1) is 37.3 Å². The van der Waals surface area contributed by atoms with Gasteiger partial charge in [-0.15, -0.1) is 12.4 Å². The quantitative estimate of drug-likeness (QED) is 0.0927. The summed E-state index contributed by atoms with van der Waals surface area (Å²) in [5.74, 6) is 0. The van der Waals surface area contributed by atoms with E-state index in [9.17, 15) is 19.2 Å². The maximum absolute atomic E-state index is 11.1. The van der Waals surface area contributed by atoms with Crippen molar-refractivity contribution in [2.45, 2.75) is 161 Å². The molecular weight excluding hydrogens is 944 g/mol. The van der Waals surface area contributed by atoms with Crippen LogP contribution in [0.2, 0.25) is 0 Å². The molecule has 0 aliphatic rings. The summed E-state index contributed by atoms with van der Waals surface area (Å²) >= 11 is 0. The number of carbonyl (C=O) groups excluding carboxylic acids is 4. The molecule has 0 unspecified atom stereocenters. The van der Waals surface area contributed by atoms with Crippen LogP contribution in [-0.4, -0.2) is 148 Å². The van der Waals surface area contributed by atoms with E-state index in [1.807, 2.05) is 83.6 Å². The van der Waals surface area contributed by atoms with Gasteiger partial charge < -0.3 is 39.8 Å². The SMILES string of the molecule is CCn1cccn1.CCn1ncc(C=O)c1C.CCn1ncc(CNC)c1C.CCn1ncc(CNC)c1C.CCn1nccc1C.CN(CC=O)C(=O)OC(C)(C)C.CN(CCO)C(=O)OC(C)(C)C.Cl. The van der Waals surface area contributed by atoms with Crippen molar-refractivity contribution < 1.29 is 33.8 Å². The molecule has 0 fully saturated rings. The van der Waals surface area contributed by atoms with E-state index in [4.69, 9.17) is 14.6 Å². The fraction of sp³-hybridized carbons (Fsp3) is 0.620. The van der Waals surface area contributed by atoms with Gasteiger partial charge >= 0.3 is 12.2 Å². The standard InChI is InChI=1S/2C8H15N3.C8H17NO3.C8H15NO3.C7H10N2O.C6H10N2.C5H8N2.ClH/c2*1-4-11-7(2)8(5-9-3)6-10-11;2*1-8(2,3)12-7(11)9(4)5-6-10;1-3-9-6(2)7(5-10)4-8-9;1-3-8-6(2)4-5-7-8;1-2-7-5-3-4-6-7;/h2*6,9H,4-5H2,1-3H3;10H,5-6H2,1-4H3;6H,5H2,1-4H3;4-5H,3H2,1-2H3;4-5H,3H2,1-2H3;3-5H,2H2,1H3;1H. The van der Waals surface area contributed by atoms with Crippen molar-refractivity contribution in [1.29, 1.82) is 0 Å². The lowest BCUT2D eigenvalue weighted by Gasteiger charge is -2.24. The molecule has 0 aliphatic heterocycles. The Labute approximate surface area is 436 Å². The molecule has 0 radical (unpaired) electrons. The Hall–Kier alpha value is -5.90. The minimum Gasteiger partial charge on any atom is -0.444 e. The first kappa shape index (κ1) is 70.4. The minimum absolute atomic E-state index is 0. The number of likely N-dealkylation sites (N-methyl/N-ethyl adjacent to an activating group) is 2. The number of hydrogen-bond acceptors (Lipinski definition) is 14. The molecule has 3 N–H and O–H groups in total. The molecule has 0 atom stereocenters. The van der Waals surface area contributed by atoms with E-state index in [0.717, 1.165) is 57.8 Å². The van der Waals surface area contributed by atoms with E-state index in [-0.39, 0.29) is 25.6 Å². The van der Waals surface area contributed by atoms with Crippen LogP contribution in [0.5, 0.6) is 0 Å². The molecule has 0 spiro atoms. The van der Waals surface area contributed by atoms with E-state index in [1.165, 1.54) is 45.1 Å². The van der Waals surface area contributed by atoms with Gasteiger partial charge in [-0.05, 0) is 130 Å². The zero-order valence-electron chi connectivity index (χ0n) is 47.0. The van der Waals surface area contributed by atoms with Gasteiger partial charge in [0.2, 0.25) is 0 Å². The van der Waals surface area contributed by atoms with E-state index in [1.54, 1.807) is 65.7 Å². The third-order valence-electron chi connectivity index (χ3n) is 9.62. The average molecular weight is 1040 g/mol. The van der Waals surface area contributed by atoms with Crippen LogP contribution in [-0.2, 0) is 60.1 Å². The number of aliphatic hydroxyl groups is 1. The molecule has 0 saturated carbocycles. The summed E-state index contributed by atoms with van der Waals surface area (Å²) in [6, 6.07) is 3.92. The lowest BCUT2D eigenvalue weighted by atomic mass is 10.2. The second kappa shape index (κ2) is 38.7. The van der Waals surface area contributed by atoms with Crippen molar-refractivity contribution >= 4 is 37.2 Å². The Morgan fingerprint density at radius 1 is 0.653 bits per heavy atom. The molecule has 2 amide bonds. The van der Waals surface area contributed by atoms with E-state index < -0.39 is 23.4 Å². The minimum atomic E-state index is -0.506. The summed E-state index contributed by atoms with van der Waals surface area (Å²) in [6.45, 7) is 36.0. The van der Waals surface area contributed by atoms with E-state index in [0.29, 0.717) is 18.4 Å². The summed E-state index contributed by atoms with van der Waals surface area (Å²) in [5, 5.41) is 35.2. The van der Waals surface area contributed by atoms with Crippen LogP contribution < -0.4 is 10.6 Å². The Morgan fingerprint density at radius 2 is 1.10 bits per heavy atom. The van der Waals surface area contributed by atoms with Gasteiger partial charge in [0, 0.05) is 119 Å². The number of ether oxygens (including phenoxy) is 2. The summed E-state index contributed by atoms with van der Waals surface area (Å²) in [7, 11) is 7.00. The normalized spacial score (nSPS) is 10.2. The van der Waals surface area contributed by atoms with Crippen molar-refractivity contribution in [2.24, 2.45) is 0 Å². The van der Waals surface area contributed by atoms with Gasteiger partial charge in [-0.2, -0.15) is 25.5 Å². The fourth-order valence-electron chi connectivity index (χ4n) is 5.56. The number of nitrogens with one attached hydrogen (secondary N) is 2. The molecule has 0 saturated heterocycles. The van der Waals surface area contributed by atoms with E-state index >= 15 is 0 Å². The predicted molar refractivity (Wildman–Crippen MR) is 287 cm³/mol. The zero-order valence-corrected chi connectivity index (χ0v) is 47.8. The monoisotopic (exact) mass is 1030 g/mol. The number of halogens is 1. The smallest absolute Gasteiger partial charge is 0.410 e. The Morgan fingerprint density at radius 3 is 1.36 bits per heavy atom. The summed E-state index contributed by atoms with van der Waals surface area (Å²) < 4.78 is 19.6. The van der Waals surface area contributed by atoms with Crippen molar-refractivity contribution in [2.75, 3.05) is 47.9 Å². The molecule has 0 aromatic carbocycles. The molecule has 410 valence electrons. The number of aryl methyl sites for hydroxylation is 6. The van der Waals surface area contributed by atoms with Crippen LogP contribution >= 0.6 is 12.4 Å². The number of aromatic nitrogens is 10. The summed E-state index contributed by atoms with van der Waals surface area (Å²) in [5.41, 5.74) is 6.98. The number of amides is 2. The molecular formula is C50H91ClN14O7. The van der Waals surface area contributed by atoms with Crippen LogP contribution in [0.25, 0.3) is 0 Å². The summed E-state index contributed by atoms with van der Waals surface area (Å²) in [4.78, 5) is 45.1. The average Bonchev–Trinajstić information content (AvgIpc) is 4.18. The second-order valence-corrected chi connectivity index (χ2v) is 17.6. The van der Waals surface area contributed by atoms with Gasteiger partial charge in [-0.1, -0.05) is 0 Å². The van der Waals surface area contributed by atoms with E-state index in [2.05, 4.69) is 84.6 Å². The number of hydrogen-bond donors (Lipinski definition) is 3. The van der Waals surface area contributed by atoms with Crippen molar-refractivity contribution in [1.82, 2.24) is 69.3 Å². The third kappa shape index (κ3) is 30.1. The largest absolute Gasteiger partial charge is 0.444 e. The maximum Gasteiger partial charge on any atom is 0.410 e. The molecule has 72 heavy (non-hydrogen) atoms. The van der Waals surface area contributed by atoms with Crippen LogP contribution in [0.1, 0.15) is 120 Å². The first-order valence-corrected chi connectivity index (χ1v) is 24.1. The number of aliphatic hydroxyl groups excluding tert-OH is 1. The van der Waals surface area contributed by atoms with Crippen molar-refractivity contribution in [3.8, 4) is 0 Å². The van der Waals surface area contributed by atoms with Gasteiger partial charge in [0.25, 0.3) is 0 Å². The van der Waals surface area contributed by atoms with Gasteiger partial charge in [0.1, 0.15) is 17.5 Å². The van der Waals surface area contributed by atoms with Crippen LogP contribution in [0.15, 0.2) is 49.3 Å². The molecule has 22 heteroatoms. The number of rotatable bonds is 14. The van der Waals surface area contributed by atoms with Crippen molar-refractivity contribution in [3.05, 3.63) is 88.8 Å². The predicted octanol–water partition coefficient (Wildman–Crippen LogP) is 7.32. The topological polar surface area (TPSA) is 227 Å². The molecule has 5 aromatic heterocycles. The number of carbonyl (C=O) groups is 4. The highest BCUT2D eigenvalue weighted by molar-refractivity contribution is 5.85. The second-order valence-electron chi connectivity index (χ2n) is 17.6. The highest BCUT2D eigenvalue weighted by atomic mass is 35.5. The lowest BCUT2D eigenvalue weighted by molar-refractivity contribution is -0.108. The van der Waals surface area contributed by atoms with Crippen LogP contribution in [0.3, 0.4) is 0 Å². The highest BCUT2D eigenvalue weighted by Gasteiger charge is 2.20. The Balaban J connectivity index is -0.000000774. The molecule has 5 rings (SSSR count). The zero-order chi connectivity index (χ0) is 54.7. The summed E-state index contributed by atoms with van der Waals surface area (Å²) in [6.07, 6.45) is 11.6. The Kier molecular flexibility index (Phi) is 37.9. The molecule has 21 nitrogen and oxygen atoms in total. The fourth-order valence-corrected chi connectivity index (χ4v) is 5.56. The highest BCUT2D eigenvalue weighted by Crippen LogP contribution is 2.10. The number of aldehydes is 2. The Bertz CT molecular complexity index is 2120. The van der Waals surface area contributed by atoms with Gasteiger partial charge in [0.15, 0.2) is 6.29 Å². The molecule has 5 aromatic rings. The molecule has 0 bridgehead atoms. The van der Waals surface area contributed by atoms with Crippen LogP contribution in [0, 0.1) is 27.7 Å². The first-order chi connectivity index (χ1) is 33.4. The molecule has 5 heterocycles. The van der Waals surface area contributed by atoms with Crippen molar-refractivity contribution in [3.63, 3.8) is 0 Å². The molecule has 0 aliphatic carbocycles. The first-order valence-electron chi connectivity index (χ1n) is 24.1. The maximum atomic E-state index is 11.1. The lowest BCUT2D eigenvalue weighted by Crippen LogP contribution is -2.35. The number of nitrogens with zero attached hydrogens (tertiary/aromatic N) is 12. The van der Waals surface area contributed by atoms with Gasteiger partial charge in [-0.3, -0.25) is 28.2 Å². The van der Waals surface area contributed by atoms with Crippen LogP contribution in [0.4, 0.5) is 9.59 Å². The van der Waals surface area contributed by atoms with Gasteiger partial charge in [-0.25, -0.2) is 9.59 Å². The third-order valence-corrected chi connectivity index (χ3v) is 9.62.